The van der Waals surface area contributed by atoms with E-state index in [1.165, 1.54) is 0 Å². The molecule has 7 atom stereocenters. The third-order valence-electron chi connectivity index (χ3n) is 11.6. The van der Waals surface area contributed by atoms with Gasteiger partial charge in [-0.2, -0.15) is 0 Å². The van der Waals surface area contributed by atoms with E-state index in [9.17, 15) is 47.9 Å². The molecule has 10 amide bonds. The molecule has 1 saturated heterocycles. The number of amides is 10. The number of hydrogen-bond acceptors (Lipinski definition) is 12. The molecule has 1 aliphatic heterocycles. The predicted molar refractivity (Wildman–Crippen MR) is 264 cm³/mol. The maximum atomic E-state index is 14.5. The Morgan fingerprint density at radius 1 is 0.736 bits per heavy atom. The van der Waals surface area contributed by atoms with Crippen molar-refractivity contribution in [1.82, 2.24) is 47.5 Å². The number of aromatic amines is 1. The molecule has 19 N–H and O–H groups in total. The number of benzene rings is 2. The summed E-state index contributed by atoms with van der Waals surface area (Å²) in [6.07, 6.45) is 0.621. The summed E-state index contributed by atoms with van der Waals surface area (Å²) >= 11 is 0. The Morgan fingerprint density at radius 2 is 1.35 bits per heavy atom. The SMILES string of the molecule is CC(=O)N[C@@H](CCC(N)=O)C(=O)N[C@H]1CC(=O)NCCCC[C@@H](C(N)=O)NC(=O)[C@H](Cc2c[nH]c3ccccc23)NC(=O)[C@H](CCCN=C(N)N)NC(=O)[C@@H](Cc2ccccc2)NC(=O)[C@H](CCN)NC1=O. The Hall–Kier alpha value is -8.09. The number of para-hydroxylation sites is 1. The lowest BCUT2D eigenvalue weighted by Crippen LogP contribution is -2.61. The fourth-order valence-electron chi connectivity index (χ4n) is 7.88. The van der Waals surface area contributed by atoms with Gasteiger partial charge in [0.1, 0.15) is 42.3 Å². The molecule has 0 bridgehead atoms. The summed E-state index contributed by atoms with van der Waals surface area (Å²) in [5.41, 5.74) is 30.0. The fourth-order valence-corrected chi connectivity index (χ4v) is 7.88. The van der Waals surface area contributed by atoms with Crippen molar-refractivity contribution in [2.24, 2.45) is 33.7 Å². The van der Waals surface area contributed by atoms with Crippen LogP contribution in [0.4, 0.5) is 0 Å². The highest BCUT2D eigenvalue weighted by Gasteiger charge is 2.35. The first kappa shape index (κ1) is 56.5. The smallest absolute Gasteiger partial charge is 0.243 e. The molecular formula is C47H67N15O10. The number of nitrogens with one attached hydrogen (secondary N) is 9. The van der Waals surface area contributed by atoms with E-state index in [0.717, 1.165) is 17.8 Å². The molecule has 1 aliphatic rings. The second-order valence-electron chi connectivity index (χ2n) is 17.4. The summed E-state index contributed by atoms with van der Waals surface area (Å²) < 4.78 is 0. The van der Waals surface area contributed by atoms with Crippen molar-refractivity contribution in [3.05, 3.63) is 71.9 Å². The molecule has 390 valence electrons. The highest BCUT2D eigenvalue weighted by atomic mass is 16.2. The van der Waals surface area contributed by atoms with Crippen molar-refractivity contribution in [2.75, 3.05) is 19.6 Å². The van der Waals surface area contributed by atoms with Crippen molar-refractivity contribution in [1.29, 1.82) is 0 Å². The average molecular weight is 1000 g/mol. The van der Waals surface area contributed by atoms with Gasteiger partial charge in [0.2, 0.25) is 59.1 Å². The molecule has 0 aliphatic carbocycles. The number of fused-ring (bicyclic) bond motifs is 1. The number of rotatable bonds is 17. The summed E-state index contributed by atoms with van der Waals surface area (Å²) in [4.78, 5) is 142. The van der Waals surface area contributed by atoms with Crippen LogP contribution < -0.4 is 71.2 Å². The van der Waals surface area contributed by atoms with E-state index in [1.54, 1.807) is 42.6 Å². The molecule has 2 aromatic carbocycles. The topological polar surface area (TPSA) is 425 Å². The zero-order valence-electron chi connectivity index (χ0n) is 40.1. The first-order valence-corrected chi connectivity index (χ1v) is 23.6. The van der Waals surface area contributed by atoms with Crippen LogP contribution in [0.3, 0.4) is 0 Å². The van der Waals surface area contributed by atoms with Crippen molar-refractivity contribution in [2.45, 2.75) is 120 Å². The third kappa shape index (κ3) is 18.7. The Kier molecular flexibility index (Phi) is 22.4. The number of carbonyl (C=O) groups is 10. The van der Waals surface area contributed by atoms with Gasteiger partial charge in [-0.3, -0.25) is 52.9 Å². The zero-order chi connectivity index (χ0) is 52.7. The van der Waals surface area contributed by atoms with Crippen molar-refractivity contribution < 1.29 is 47.9 Å². The summed E-state index contributed by atoms with van der Waals surface area (Å²) in [6, 6.07) is 6.01. The molecule has 0 spiro atoms. The number of nitrogens with zero attached hydrogens (tertiary/aromatic N) is 1. The Morgan fingerprint density at radius 3 is 2.00 bits per heavy atom. The maximum absolute atomic E-state index is 14.5. The Labute approximate surface area is 415 Å². The predicted octanol–water partition coefficient (Wildman–Crippen LogP) is -3.79. The quantitative estimate of drug-likeness (QED) is 0.0351. The minimum absolute atomic E-state index is 0.000466. The summed E-state index contributed by atoms with van der Waals surface area (Å²) in [5, 5.41) is 21.6. The summed E-state index contributed by atoms with van der Waals surface area (Å²) in [6.45, 7) is 1.02. The molecule has 0 unspecified atom stereocenters. The van der Waals surface area contributed by atoms with Gasteiger partial charge in [0.05, 0.1) is 6.42 Å². The standard InChI is InChI=1S/C47H67N15O10/c1-26(63)56-33(16-17-38(49)64)42(68)62-37-24-39(65)53-20-8-7-14-31(40(50)66)57-45(71)36(23-28-25-55-30-13-6-5-12-29(28)30)61-41(67)32(15-9-21-54-47(51)52)58-44(70)35(22-27-10-3-2-4-11-27)60-43(69)34(18-19-48)59-46(37)72/h2-6,10-13,25,31-37,55H,7-9,14-24,48H2,1H3,(H2,49,64)(H2,50,66)(H,53,65)(H,56,63)(H,57,71)(H,58,70)(H,59,72)(H,60,69)(H,61,67)(H,62,68)(H4,51,52,54)/t31-,32-,33-,34-,35+,36-,37-/m0/s1. The van der Waals surface area contributed by atoms with E-state index >= 15 is 0 Å². The van der Waals surface area contributed by atoms with Crippen LogP contribution in [0.1, 0.15) is 75.8 Å². The lowest BCUT2D eigenvalue weighted by atomic mass is 10.0. The molecule has 25 heteroatoms. The molecule has 1 fully saturated rings. The van der Waals surface area contributed by atoms with Crippen molar-refractivity contribution in [3.63, 3.8) is 0 Å². The lowest BCUT2D eigenvalue weighted by molar-refractivity contribution is -0.136. The van der Waals surface area contributed by atoms with Gasteiger partial charge in [-0.15, -0.1) is 0 Å². The number of guanidine groups is 1. The highest BCUT2D eigenvalue weighted by Crippen LogP contribution is 2.20. The van der Waals surface area contributed by atoms with Crippen molar-refractivity contribution >= 4 is 75.9 Å². The van der Waals surface area contributed by atoms with E-state index in [0.29, 0.717) is 11.1 Å². The van der Waals surface area contributed by atoms with Gasteiger partial charge in [0.15, 0.2) is 5.96 Å². The number of primary amides is 2. The Bertz CT molecular complexity index is 2430. The highest BCUT2D eigenvalue weighted by molar-refractivity contribution is 5.99. The van der Waals surface area contributed by atoms with Gasteiger partial charge in [0.25, 0.3) is 0 Å². The van der Waals surface area contributed by atoms with E-state index in [4.69, 9.17) is 28.7 Å². The minimum atomic E-state index is -1.68. The second-order valence-corrected chi connectivity index (χ2v) is 17.4. The van der Waals surface area contributed by atoms with E-state index in [2.05, 4.69) is 52.5 Å². The van der Waals surface area contributed by atoms with Gasteiger partial charge in [-0.1, -0.05) is 48.5 Å². The third-order valence-corrected chi connectivity index (χ3v) is 11.6. The molecule has 1 aromatic heterocycles. The number of H-pyrrole nitrogens is 1. The van der Waals surface area contributed by atoms with Gasteiger partial charge in [0, 0.05) is 56.4 Å². The van der Waals surface area contributed by atoms with Crippen LogP contribution in [0.5, 0.6) is 0 Å². The molecule has 4 rings (SSSR count). The van der Waals surface area contributed by atoms with Crippen LogP contribution in [0, 0.1) is 0 Å². The number of aliphatic imine (C=N–C) groups is 1. The molecule has 25 nitrogen and oxygen atoms in total. The van der Waals surface area contributed by atoms with E-state index in [1.807, 2.05) is 18.2 Å². The summed E-state index contributed by atoms with van der Waals surface area (Å²) in [5.74, 6) is -8.53. The number of aromatic nitrogens is 1. The van der Waals surface area contributed by atoms with Crippen LogP contribution in [0.15, 0.2) is 65.8 Å². The van der Waals surface area contributed by atoms with Gasteiger partial charge >= 0.3 is 0 Å². The number of carbonyl (C=O) groups excluding carboxylic acids is 10. The van der Waals surface area contributed by atoms with Gasteiger partial charge in [-0.25, -0.2) is 0 Å². The van der Waals surface area contributed by atoms with Gasteiger partial charge in [-0.05, 0) is 68.7 Å². The first-order valence-electron chi connectivity index (χ1n) is 23.6. The normalized spacial score (nSPS) is 21.5. The van der Waals surface area contributed by atoms with Crippen LogP contribution in [-0.2, 0) is 60.8 Å². The molecule has 72 heavy (non-hydrogen) atoms. The van der Waals surface area contributed by atoms with Crippen molar-refractivity contribution in [3.8, 4) is 0 Å². The second kappa shape index (κ2) is 28.5. The molecule has 2 heterocycles. The Balaban J connectivity index is 1.77. The minimum Gasteiger partial charge on any atom is -0.370 e. The number of nitrogens with two attached hydrogens (primary N) is 5. The molecular weight excluding hydrogens is 935 g/mol. The van der Waals surface area contributed by atoms with Crippen LogP contribution in [-0.4, -0.2) is 132 Å². The number of hydrogen-bond donors (Lipinski definition) is 14. The average Bonchev–Trinajstić information content (AvgIpc) is 3.74. The van der Waals surface area contributed by atoms with Gasteiger partial charge < -0.3 is 76.2 Å². The molecule has 0 radical (unpaired) electrons. The van der Waals surface area contributed by atoms with Crippen LogP contribution >= 0.6 is 0 Å². The first-order chi connectivity index (χ1) is 34.3. The summed E-state index contributed by atoms with van der Waals surface area (Å²) in [7, 11) is 0. The van der Waals surface area contributed by atoms with Crippen LogP contribution in [0.2, 0.25) is 0 Å². The fraction of sp³-hybridized carbons (Fsp3) is 0.468. The van der Waals surface area contributed by atoms with E-state index < -0.39 is 108 Å². The monoisotopic (exact) mass is 1000 g/mol. The maximum Gasteiger partial charge on any atom is 0.243 e. The lowest BCUT2D eigenvalue weighted by Gasteiger charge is -2.28. The van der Waals surface area contributed by atoms with Crippen LogP contribution in [0.25, 0.3) is 10.9 Å². The van der Waals surface area contributed by atoms with E-state index in [-0.39, 0.29) is 89.8 Å². The zero-order valence-corrected chi connectivity index (χ0v) is 40.1. The molecule has 0 saturated carbocycles. The molecule has 3 aromatic rings. The largest absolute Gasteiger partial charge is 0.370 e.